The number of para-hydroxylation sites is 1. The van der Waals surface area contributed by atoms with E-state index in [2.05, 4.69) is 28.1 Å². The summed E-state index contributed by atoms with van der Waals surface area (Å²) in [5, 5.41) is 2.87. The van der Waals surface area contributed by atoms with E-state index in [1.807, 2.05) is 51.1 Å². The molecule has 3 rings (SSSR count). The van der Waals surface area contributed by atoms with Gasteiger partial charge in [-0.3, -0.25) is 0 Å². The molecule has 22 heavy (non-hydrogen) atoms. The number of carbonyl (C=O) groups is 1. The van der Waals surface area contributed by atoms with Crippen LogP contribution in [0.1, 0.15) is 26.3 Å². The standard InChI is InChI=1S/C18H18BrNO2/c1-18(2,3)22-17(21)20-15-7-5-4-6-13(15)14-9-8-12(11-19)10-16(14)20/h4-10H,11H2,1-3H3. The highest BCUT2D eigenvalue weighted by Crippen LogP contribution is 2.30. The Bertz CT molecular complexity index is 859. The summed E-state index contributed by atoms with van der Waals surface area (Å²) in [4.78, 5) is 12.7. The largest absolute Gasteiger partial charge is 0.443 e. The van der Waals surface area contributed by atoms with Crippen molar-refractivity contribution in [1.29, 1.82) is 0 Å². The number of nitrogens with zero attached hydrogens (tertiary/aromatic N) is 1. The molecular weight excluding hydrogens is 342 g/mol. The van der Waals surface area contributed by atoms with Crippen LogP contribution >= 0.6 is 15.9 Å². The fraction of sp³-hybridized carbons (Fsp3) is 0.278. The average Bonchev–Trinajstić information content (AvgIpc) is 2.78. The molecule has 0 atom stereocenters. The number of ether oxygens (including phenoxy) is 1. The summed E-state index contributed by atoms with van der Waals surface area (Å²) in [5.41, 5.74) is 2.35. The first-order chi connectivity index (χ1) is 10.4. The predicted octanol–water partition coefficient (Wildman–Crippen LogP) is 5.47. The van der Waals surface area contributed by atoms with E-state index in [1.165, 1.54) is 0 Å². The number of carbonyl (C=O) groups excluding carboxylic acids is 1. The molecule has 0 saturated heterocycles. The van der Waals surface area contributed by atoms with Crippen LogP contribution in [0.25, 0.3) is 21.8 Å². The molecule has 0 N–H and O–H groups in total. The number of benzene rings is 2. The van der Waals surface area contributed by atoms with Crippen molar-refractivity contribution in [3.05, 3.63) is 48.0 Å². The second-order valence-electron chi connectivity index (χ2n) is 6.32. The molecule has 2 aromatic carbocycles. The summed E-state index contributed by atoms with van der Waals surface area (Å²) < 4.78 is 7.25. The van der Waals surface area contributed by atoms with E-state index in [0.717, 1.165) is 32.7 Å². The number of hydrogen-bond donors (Lipinski definition) is 0. The Balaban J connectivity index is 2.31. The molecular formula is C18H18BrNO2. The summed E-state index contributed by atoms with van der Waals surface area (Å²) in [6.45, 7) is 5.63. The Morgan fingerprint density at radius 1 is 1.09 bits per heavy atom. The van der Waals surface area contributed by atoms with Crippen molar-refractivity contribution in [3.8, 4) is 0 Å². The second kappa shape index (κ2) is 5.43. The van der Waals surface area contributed by atoms with Gasteiger partial charge in [-0.1, -0.05) is 46.3 Å². The van der Waals surface area contributed by atoms with Gasteiger partial charge in [-0.25, -0.2) is 9.36 Å². The normalized spacial score (nSPS) is 12.0. The lowest BCUT2D eigenvalue weighted by Crippen LogP contribution is -2.27. The van der Waals surface area contributed by atoms with Gasteiger partial charge in [0.05, 0.1) is 11.0 Å². The quantitative estimate of drug-likeness (QED) is 0.539. The van der Waals surface area contributed by atoms with Crippen LogP contribution in [-0.2, 0) is 10.1 Å². The first kappa shape index (κ1) is 15.1. The molecule has 0 spiro atoms. The van der Waals surface area contributed by atoms with Crippen molar-refractivity contribution >= 4 is 43.8 Å². The summed E-state index contributed by atoms with van der Waals surface area (Å²) in [6, 6.07) is 14.1. The molecule has 4 heteroatoms. The topological polar surface area (TPSA) is 31.2 Å². The molecule has 0 aliphatic carbocycles. The Morgan fingerprint density at radius 3 is 2.45 bits per heavy atom. The summed E-state index contributed by atoms with van der Waals surface area (Å²) in [5.74, 6) is 0. The van der Waals surface area contributed by atoms with Gasteiger partial charge in [0, 0.05) is 16.1 Å². The van der Waals surface area contributed by atoms with Crippen LogP contribution in [0.2, 0.25) is 0 Å². The lowest BCUT2D eigenvalue weighted by Gasteiger charge is -2.20. The first-order valence-corrected chi connectivity index (χ1v) is 8.34. The van der Waals surface area contributed by atoms with Gasteiger partial charge in [0.15, 0.2) is 0 Å². The van der Waals surface area contributed by atoms with E-state index in [-0.39, 0.29) is 6.09 Å². The third-order valence-corrected chi connectivity index (χ3v) is 4.12. The fourth-order valence-electron chi connectivity index (χ4n) is 2.60. The van der Waals surface area contributed by atoms with Crippen molar-refractivity contribution in [2.24, 2.45) is 0 Å². The molecule has 1 aromatic heterocycles. The van der Waals surface area contributed by atoms with Gasteiger partial charge in [-0.2, -0.15) is 0 Å². The molecule has 0 aliphatic heterocycles. The van der Waals surface area contributed by atoms with Gasteiger partial charge in [-0.15, -0.1) is 0 Å². The number of fused-ring (bicyclic) bond motifs is 3. The van der Waals surface area contributed by atoms with Crippen molar-refractivity contribution in [1.82, 2.24) is 4.57 Å². The maximum Gasteiger partial charge on any atom is 0.419 e. The molecule has 0 aliphatic rings. The molecule has 0 unspecified atom stereocenters. The van der Waals surface area contributed by atoms with Crippen molar-refractivity contribution in [2.75, 3.05) is 0 Å². The van der Waals surface area contributed by atoms with Crippen LogP contribution in [0.15, 0.2) is 42.5 Å². The third-order valence-electron chi connectivity index (χ3n) is 3.47. The molecule has 114 valence electrons. The van der Waals surface area contributed by atoms with Crippen LogP contribution in [-0.4, -0.2) is 16.3 Å². The zero-order valence-electron chi connectivity index (χ0n) is 12.9. The number of halogens is 1. The summed E-state index contributed by atoms with van der Waals surface area (Å²) in [6.07, 6.45) is -0.342. The van der Waals surface area contributed by atoms with E-state index in [1.54, 1.807) is 4.57 Å². The van der Waals surface area contributed by atoms with E-state index < -0.39 is 5.60 Å². The molecule has 0 bridgehead atoms. The lowest BCUT2D eigenvalue weighted by molar-refractivity contribution is 0.0551. The molecule has 0 radical (unpaired) electrons. The SMILES string of the molecule is CC(C)(C)OC(=O)n1c2ccccc2c2ccc(CBr)cc21. The van der Waals surface area contributed by atoms with E-state index >= 15 is 0 Å². The van der Waals surface area contributed by atoms with Gasteiger partial charge < -0.3 is 4.74 Å². The molecule has 0 saturated carbocycles. The third kappa shape index (κ3) is 2.63. The first-order valence-electron chi connectivity index (χ1n) is 7.22. The Morgan fingerprint density at radius 2 is 1.77 bits per heavy atom. The van der Waals surface area contributed by atoms with Crippen molar-refractivity contribution in [3.63, 3.8) is 0 Å². The van der Waals surface area contributed by atoms with E-state index in [0.29, 0.717) is 0 Å². The van der Waals surface area contributed by atoms with Gasteiger partial charge in [0.25, 0.3) is 0 Å². The van der Waals surface area contributed by atoms with Crippen LogP contribution in [0.5, 0.6) is 0 Å². The summed E-state index contributed by atoms with van der Waals surface area (Å²) >= 11 is 3.47. The van der Waals surface area contributed by atoms with Crippen molar-refractivity contribution in [2.45, 2.75) is 31.7 Å². The van der Waals surface area contributed by atoms with Gasteiger partial charge in [0.1, 0.15) is 5.60 Å². The van der Waals surface area contributed by atoms with Crippen LogP contribution < -0.4 is 0 Å². The highest BCUT2D eigenvalue weighted by molar-refractivity contribution is 9.08. The Hall–Kier alpha value is -1.81. The minimum Gasteiger partial charge on any atom is -0.443 e. The van der Waals surface area contributed by atoms with E-state index in [4.69, 9.17) is 4.74 Å². The van der Waals surface area contributed by atoms with Crippen LogP contribution in [0, 0.1) is 0 Å². The Labute approximate surface area is 138 Å². The minimum atomic E-state index is -0.526. The van der Waals surface area contributed by atoms with Gasteiger partial charge in [0.2, 0.25) is 0 Å². The second-order valence-corrected chi connectivity index (χ2v) is 6.88. The molecule has 3 aromatic rings. The van der Waals surface area contributed by atoms with Crippen LogP contribution in [0.4, 0.5) is 4.79 Å². The zero-order valence-corrected chi connectivity index (χ0v) is 14.5. The van der Waals surface area contributed by atoms with Gasteiger partial charge in [-0.05, 0) is 38.5 Å². The number of aromatic nitrogens is 1. The summed E-state index contributed by atoms with van der Waals surface area (Å²) in [7, 11) is 0. The van der Waals surface area contributed by atoms with Gasteiger partial charge >= 0.3 is 6.09 Å². The highest BCUT2D eigenvalue weighted by atomic mass is 79.9. The molecule has 0 amide bonds. The lowest BCUT2D eigenvalue weighted by atomic mass is 10.1. The highest BCUT2D eigenvalue weighted by Gasteiger charge is 2.22. The molecule has 1 heterocycles. The Kier molecular flexibility index (Phi) is 3.73. The minimum absolute atomic E-state index is 0.342. The van der Waals surface area contributed by atoms with Crippen LogP contribution in [0.3, 0.4) is 0 Å². The maximum atomic E-state index is 12.7. The van der Waals surface area contributed by atoms with Crippen molar-refractivity contribution < 1.29 is 9.53 Å². The maximum absolute atomic E-state index is 12.7. The molecule has 3 nitrogen and oxygen atoms in total. The predicted molar refractivity (Wildman–Crippen MR) is 93.7 cm³/mol. The average molecular weight is 360 g/mol. The molecule has 0 fully saturated rings. The zero-order chi connectivity index (χ0) is 15.9. The number of alkyl halides is 1. The smallest absolute Gasteiger partial charge is 0.419 e. The monoisotopic (exact) mass is 359 g/mol. The number of rotatable bonds is 1. The fourth-order valence-corrected chi connectivity index (χ4v) is 2.95. The number of hydrogen-bond acceptors (Lipinski definition) is 2. The van der Waals surface area contributed by atoms with E-state index in [9.17, 15) is 4.79 Å².